The van der Waals surface area contributed by atoms with Crippen molar-refractivity contribution in [1.82, 2.24) is 0 Å². The Hall–Kier alpha value is -3.30. The van der Waals surface area contributed by atoms with Gasteiger partial charge in [0.1, 0.15) is 5.78 Å². The van der Waals surface area contributed by atoms with Crippen LogP contribution in [-0.4, -0.2) is 23.4 Å². The molecule has 2 aromatic rings. The van der Waals surface area contributed by atoms with Crippen LogP contribution in [0.5, 0.6) is 0 Å². The molecule has 0 spiro atoms. The molecule has 2 rings (SSSR count). The monoisotopic (exact) mass is 431 g/mol. The summed E-state index contributed by atoms with van der Waals surface area (Å²) in [7, 11) is 0. The molecule has 160 valence electrons. The first kappa shape index (κ1) is 23.0. The van der Waals surface area contributed by atoms with Crippen molar-refractivity contribution < 1.29 is 41.0 Å². The van der Waals surface area contributed by atoms with E-state index in [4.69, 9.17) is 5.11 Å². The van der Waals surface area contributed by atoms with Crippen molar-refractivity contribution in [2.24, 2.45) is 0 Å². The number of hydrogen-bond acceptors (Lipinski definition) is 3. The summed E-state index contributed by atoms with van der Waals surface area (Å²) in [6.45, 7) is 0.933. The smallest absolute Gasteiger partial charge is 0.417 e. The SMILES string of the molecule is CC(=O)CN(C=Cc1ccc(C(F)(F)F)cc1C(F)(F)F)c1cccc(C(=O)O)c1. The largest absolute Gasteiger partial charge is 0.478 e. The Kier molecular flexibility index (Phi) is 6.59. The standard InChI is InChI=1S/C20H15F6NO3/c1-12(28)11-27(16-4-2-3-14(9-16)18(29)30)8-7-13-5-6-15(19(21,22)23)10-17(13)20(24,25)26/h2-10H,11H2,1H3,(H,29,30). The predicted octanol–water partition coefficient (Wildman–Crippen LogP) is 5.49. The van der Waals surface area contributed by atoms with Gasteiger partial charge in [-0.25, -0.2) is 4.79 Å². The molecule has 0 saturated heterocycles. The topological polar surface area (TPSA) is 57.6 Å². The molecular formula is C20H15F6NO3. The highest BCUT2D eigenvalue weighted by molar-refractivity contribution is 5.89. The van der Waals surface area contributed by atoms with Crippen LogP contribution in [0, 0.1) is 0 Å². The summed E-state index contributed by atoms with van der Waals surface area (Å²) in [4.78, 5) is 23.9. The van der Waals surface area contributed by atoms with Gasteiger partial charge in [-0.3, -0.25) is 4.79 Å². The van der Waals surface area contributed by atoms with Crippen molar-refractivity contribution in [3.8, 4) is 0 Å². The Morgan fingerprint density at radius 3 is 2.20 bits per heavy atom. The van der Waals surface area contributed by atoms with Crippen LogP contribution >= 0.6 is 0 Å². The fraction of sp³-hybridized carbons (Fsp3) is 0.200. The van der Waals surface area contributed by atoms with E-state index in [0.717, 1.165) is 12.3 Å². The molecule has 0 unspecified atom stereocenters. The molecule has 0 aromatic heterocycles. The van der Waals surface area contributed by atoms with E-state index in [1.165, 1.54) is 36.1 Å². The van der Waals surface area contributed by atoms with Crippen LogP contribution in [-0.2, 0) is 17.1 Å². The number of Topliss-reactive ketones (excluding diaryl/α,β-unsaturated/α-hetero) is 1. The summed E-state index contributed by atoms with van der Waals surface area (Å²) in [6, 6.07) is 6.55. The third kappa shape index (κ3) is 5.85. The fourth-order valence-corrected chi connectivity index (χ4v) is 2.58. The van der Waals surface area contributed by atoms with E-state index in [2.05, 4.69) is 0 Å². The number of halogens is 6. The normalized spacial score (nSPS) is 12.2. The van der Waals surface area contributed by atoms with Crippen molar-refractivity contribution in [2.45, 2.75) is 19.3 Å². The maximum Gasteiger partial charge on any atom is 0.417 e. The van der Waals surface area contributed by atoms with E-state index in [-0.39, 0.29) is 29.6 Å². The van der Waals surface area contributed by atoms with Crippen LogP contribution in [0.3, 0.4) is 0 Å². The van der Waals surface area contributed by atoms with Gasteiger partial charge < -0.3 is 10.0 Å². The molecule has 0 atom stereocenters. The molecule has 0 radical (unpaired) electrons. The Balaban J connectivity index is 2.50. The lowest BCUT2D eigenvalue weighted by Gasteiger charge is -2.20. The van der Waals surface area contributed by atoms with Gasteiger partial charge in [-0.05, 0) is 48.9 Å². The van der Waals surface area contributed by atoms with E-state index in [9.17, 15) is 35.9 Å². The summed E-state index contributed by atoms with van der Waals surface area (Å²) >= 11 is 0. The number of rotatable bonds is 6. The van der Waals surface area contributed by atoms with Crippen LogP contribution in [0.25, 0.3) is 6.08 Å². The molecule has 4 nitrogen and oxygen atoms in total. The number of hydrogen-bond donors (Lipinski definition) is 1. The molecule has 0 bridgehead atoms. The van der Waals surface area contributed by atoms with E-state index < -0.39 is 35.0 Å². The summed E-state index contributed by atoms with van der Waals surface area (Å²) in [6.07, 6.45) is -7.99. The minimum absolute atomic E-state index is 0.0139. The van der Waals surface area contributed by atoms with Crippen molar-refractivity contribution in [3.05, 3.63) is 70.9 Å². The summed E-state index contributed by atoms with van der Waals surface area (Å²) in [5, 5.41) is 9.08. The van der Waals surface area contributed by atoms with Crippen molar-refractivity contribution >= 4 is 23.5 Å². The lowest BCUT2D eigenvalue weighted by Crippen LogP contribution is -2.23. The van der Waals surface area contributed by atoms with Crippen LogP contribution in [0.4, 0.5) is 32.0 Å². The van der Waals surface area contributed by atoms with Crippen molar-refractivity contribution in [2.75, 3.05) is 11.4 Å². The van der Waals surface area contributed by atoms with Gasteiger partial charge in [0.2, 0.25) is 0 Å². The number of benzene rings is 2. The molecule has 2 aromatic carbocycles. The number of nitrogens with zero attached hydrogens (tertiary/aromatic N) is 1. The zero-order valence-corrected chi connectivity index (χ0v) is 15.4. The molecule has 0 aliphatic rings. The van der Waals surface area contributed by atoms with Crippen LogP contribution in [0.15, 0.2) is 48.7 Å². The van der Waals surface area contributed by atoms with Crippen LogP contribution in [0.2, 0.25) is 0 Å². The van der Waals surface area contributed by atoms with Crippen molar-refractivity contribution in [1.29, 1.82) is 0 Å². The molecule has 0 heterocycles. The van der Waals surface area contributed by atoms with Gasteiger partial charge in [0.05, 0.1) is 23.2 Å². The summed E-state index contributed by atoms with van der Waals surface area (Å²) < 4.78 is 78.2. The average molecular weight is 431 g/mol. The predicted molar refractivity (Wildman–Crippen MR) is 96.9 cm³/mol. The zero-order chi connectivity index (χ0) is 22.7. The number of carbonyl (C=O) groups is 2. The van der Waals surface area contributed by atoms with Gasteiger partial charge in [-0.2, -0.15) is 26.3 Å². The second kappa shape index (κ2) is 8.60. The summed E-state index contributed by atoms with van der Waals surface area (Å²) in [5.74, 6) is -1.62. The Labute approximate surface area is 167 Å². The number of carbonyl (C=O) groups excluding carboxylic acids is 1. The maximum absolute atomic E-state index is 13.3. The molecule has 0 saturated carbocycles. The minimum Gasteiger partial charge on any atom is -0.478 e. The molecule has 0 amide bonds. The van der Waals surface area contributed by atoms with Gasteiger partial charge in [0.25, 0.3) is 0 Å². The number of carboxylic acid groups (broad SMARTS) is 1. The number of aromatic carboxylic acids is 1. The number of ketones is 1. The fourth-order valence-electron chi connectivity index (χ4n) is 2.58. The van der Waals surface area contributed by atoms with Gasteiger partial charge in [0.15, 0.2) is 0 Å². The molecule has 10 heteroatoms. The Bertz CT molecular complexity index is 979. The van der Waals surface area contributed by atoms with Crippen LogP contribution in [0.1, 0.15) is 34.0 Å². The highest BCUT2D eigenvalue weighted by Gasteiger charge is 2.37. The molecule has 0 aliphatic carbocycles. The Morgan fingerprint density at radius 2 is 1.67 bits per heavy atom. The quantitative estimate of drug-likeness (QED) is 0.615. The lowest BCUT2D eigenvalue weighted by molar-refractivity contribution is -0.143. The Morgan fingerprint density at radius 1 is 1.00 bits per heavy atom. The number of anilines is 1. The van der Waals surface area contributed by atoms with Gasteiger partial charge in [0, 0.05) is 11.9 Å². The van der Waals surface area contributed by atoms with Gasteiger partial charge >= 0.3 is 18.3 Å². The van der Waals surface area contributed by atoms with E-state index in [0.29, 0.717) is 12.1 Å². The molecule has 0 aliphatic heterocycles. The second-order valence-corrected chi connectivity index (χ2v) is 6.30. The molecular weight excluding hydrogens is 416 g/mol. The first-order valence-corrected chi connectivity index (χ1v) is 8.35. The first-order valence-electron chi connectivity index (χ1n) is 8.35. The van der Waals surface area contributed by atoms with E-state index in [1.807, 2.05) is 0 Å². The van der Waals surface area contributed by atoms with Crippen LogP contribution < -0.4 is 4.90 Å². The minimum atomic E-state index is -5.05. The molecule has 1 N–H and O–H groups in total. The third-order valence-electron chi connectivity index (χ3n) is 3.94. The average Bonchev–Trinajstić information content (AvgIpc) is 2.63. The van der Waals surface area contributed by atoms with Gasteiger partial charge in [-0.1, -0.05) is 12.1 Å². The lowest BCUT2D eigenvalue weighted by atomic mass is 10.0. The number of alkyl halides is 6. The first-order chi connectivity index (χ1) is 13.8. The molecule has 30 heavy (non-hydrogen) atoms. The van der Waals surface area contributed by atoms with E-state index in [1.54, 1.807) is 0 Å². The molecule has 0 fully saturated rings. The summed E-state index contributed by atoms with van der Waals surface area (Å²) in [5.41, 5.74) is -3.38. The van der Waals surface area contributed by atoms with Gasteiger partial charge in [-0.15, -0.1) is 0 Å². The van der Waals surface area contributed by atoms with E-state index >= 15 is 0 Å². The maximum atomic E-state index is 13.3. The second-order valence-electron chi connectivity index (χ2n) is 6.30. The van der Waals surface area contributed by atoms with Crippen molar-refractivity contribution in [3.63, 3.8) is 0 Å². The highest BCUT2D eigenvalue weighted by atomic mass is 19.4. The highest BCUT2D eigenvalue weighted by Crippen LogP contribution is 2.37. The zero-order valence-electron chi connectivity index (χ0n) is 15.4. The number of carboxylic acids is 1. The third-order valence-corrected chi connectivity index (χ3v) is 3.94.